The molecule has 25 heavy (non-hydrogen) atoms. The molecule has 0 N–H and O–H groups in total. The zero-order chi connectivity index (χ0) is 18.2. The Bertz CT molecular complexity index is 527. The first-order chi connectivity index (χ1) is 12.0. The van der Waals surface area contributed by atoms with Gasteiger partial charge < -0.3 is 14.5 Å². The van der Waals surface area contributed by atoms with Crippen molar-refractivity contribution in [3.8, 4) is 5.75 Å². The summed E-state index contributed by atoms with van der Waals surface area (Å²) >= 11 is 0. The van der Waals surface area contributed by atoms with Gasteiger partial charge >= 0.3 is 0 Å². The lowest BCUT2D eigenvalue weighted by Gasteiger charge is -2.32. The Morgan fingerprint density at radius 3 is 2.44 bits per heavy atom. The third-order valence-electron chi connectivity index (χ3n) is 4.95. The van der Waals surface area contributed by atoms with E-state index >= 15 is 0 Å². The van der Waals surface area contributed by atoms with Gasteiger partial charge in [-0.1, -0.05) is 32.9 Å². The molecule has 1 atom stereocenters. The molecule has 0 spiro atoms. The van der Waals surface area contributed by atoms with E-state index in [1.807, 2.05) is 12.1 Å². The first-order valence-corrected chi connectivity index (χ1v) is 9.63. The van der Waals surface area contributed by atoms with E-state index in [1.165, 1.54) is 5.56 Å². The fourth-order valence-electron chi connectivity index (χ4n) is 3.56. The van der Waals surface area contributed by atoms with Gasteiger partial charge in [-0.05, 0) is 42.4 Å². The summed E-state index contributed by atoms with van der Waals surface area (Å²) in [6, 6.07) is 8.38. The summed E-state index contributed by atoms with van der Waals surface area (Å²) in [5, 5.41) is 0. The summed E-state index contributed by atoms with van der Waals surface area (Å²) in [4.78, 5) is 16.6. The zero-order valence-electron chi connectivity index (χ0n) is 16.3. The standard InChI is InChI=1S/C21H34N2O2/c1-17(2)15-22(13-14-23-12-6-5-7-21(23)24)16-18(3)19-8-10-20(25-4)11-9-19/h8-11,17-18H,5-7,12-16H2,1-4H3. The summed E-state index contributed by atoms with van der Waals surface area (Å²) in [5.74, 6) is 2.32. The largest absolute Gasteiger partial charge is 0.497 e. The van der Waals surface area contributed by atoms with Gasteiger partial charge in [-0.3, -0.25) is 4.79 Å². The van der Waals surface area contributed by atoms with Crippen molar-refractivity contribution in [1.29, 1.82) is 0 Å². The van der Waals surface area contributed by atoms with Gasteiger partial charge in [-0.15, -0.1) is 0 Å². The van der Waals surface area contributed by atoms with Crippen LogP contribution in [0.3, 0.4) is 0 Å². The van der Waals surface area contributed by atoms with Gasteiger partial charge in [0.05, 0.1) is 7.11 Å². The van der Waals surface area contributed by atoms with E-state index in [4.69, 9.17) is 4.74 Å². The van der Waals surface area contributed by atoms with Gasteiger partial charge in [0.25, 0.3) is 0 Å². The summed E-state index contributed by atoms with van der Waals surface area (Å²) in [5.41, 5.74) is 1.34. The molecule has 1 heterocycles. The van der Waals surface area contributed by atoms with Gasteiger partial charge in [-0.25, -0.2) is 0 Å². The molecule has 1 fully saturated rings. The summed E-state index contributed by atoms with van der Waals surface area (Å²) in [7, 11) is 1.70. The van der Waals surface area contributed by atoms with Crippen LogP contribution < -0.4 is 4.74 Å². The maximum Gasteiger partial charge on any atom is 0.222 e. The quantitative estimate of drug-likeness (QED) is 0.682. The van der Waals surface area contributed by atoms with E-state index in [1.54, 1.807) is 7.11 Å². The molecular weight excluding hydrogens is 312 g/mol. The Hall–Kier alpha value is -1.55. The number of carbonyl (C=O) groups is 1. The van der Waals surface area contributed by atoms with Gasteiger partial charge in [0.2, 0.25) is 5.91 Å². The van der Waals surface area contributed by atoms with Gasteiger partial charge in [0, 0.05) is 39.1 Å². The lowest BCUT2D eigenvalue weighted by atomic mass is 10.00. The highest BCUT2D eigenvalue weighted by Crippen LogP contribution is 2.21. The molecule has 1 amide bonds. The van der Waals surface area contributed by atoms with E-state index in [0.717, 1.165) is 57.7 Å². The number of piperidine rings is 1. The number of likely N-dealkylation sites (tertiary alicyclic amines) is 1. The van der Waals surface area contributed by atoms with E-state index in [2.05, 4.69) is 42.7 Å². The number of amides is 1. The minimum atomic E-state index is 0.332. The second-order valence-electron chi connectivity index (χ2n) is 7.67. The predicted octanol–water partition coefficient (Wildman–Crippen LogP) is 3.77. The van der Waals surface area contributed by atoms with Crippen LogP contribution in [0.25, 0.3) is 0 Å². The second kappa shape index (κ2) is 9.81. The number of benzene rings is 1. The Morgan fingerprint density at radius 1 is 1.12 bits per heavy atom. The summed E-state index contributed by atoms with van der Waals surface area (Å²) < 4.78 is 5.25. The summed E-state index contributed by atoms with van der Waals surface area (Å²) in [6.07, 6.45) is 2.93. The minimum Gasteiger partial charge on any atom is -0.497 e. The average molecular weight is 347 g/mol. The second-order valence-corrected chi connectivity index (χ2v) is 7.67. The van der Waals surface area contributed by atoms with Crippen LogP contribution >= 0.6 is 0 Å². The fraction of sp³-hybridized carbons (Fsp3) is 0.667. The van der Waals surface area contributed by atoms with Crippen molar-refractivity contribution in [2.24, 2.45) is 5.92 Å². The van der Waals surface area contributed by atoms with Gasteiger partial charge in [0.1, 0.15) is 5.75 Å². The van der Waals surface area contributed by atoms with Crippen LogP contribution in [0.2, 0.25) is 0 Å². The highest BCUT2D eigenvalue weighted by Gasteiger charge is 2.20. The van der Waals surface area contributed by atoms with Gasteiger partial charge in [0.15, 0.2) is 0 Å². The highest BCUT2D eigenvalue weighted by atomic mass is 16.5. The first-order valence-electron chi connectivity index (χ1n) is 9.63. The Morgan fingerprint density at radius 2 is 1.84 bits per heavy atom. The molecule has 4 heteroatoms. The number of ether oxygens (including phenoxy) is 1. The van der Waals surface area contributed by atoms with E-state index in [-0.39, 0.29) is 0 Å². The Balaban J connectivity index is 1.92. The van der Waals surface area contributed by atoms with Crippen LogP contribution in [0.15, 0.2) is 24.3 Å². The van der Waals surface area contributed by atoms with E-state index < -0.39 is 0 Å². The molecule has 1 aliphatic heterocycles. The van der Waals surface area contributed by atoms with Crippen LogP contribution in [0.5, 0.6) is 5.75 Å². The van der Waals surface area contributed by atoms with Gasteiger partial charge in [-0.2, -0.15) is 0 Å². The Labute approximate surface area is 153 Å². The Kier molecular flexibility index (Phi) is 7.76. The van der Waals surface area contributed by atoms with Crippen molar-refractivity contribution in [3.63, 3.8) is 0 Å². The van der Waals surface area contributed by atoms with Crippen LogP contribution in [0.4, 0.5) is 0 Å². The zero-order valence-corrected chi connectivity index (χ0v) is 16.3. The third-order valence-corrected chi connectivity index (χ3v) is 4.95. The first kappa shape index (κ1) is 19.8. The number of hydrogen-bond donors (Lipinski definition) is 0. The number of methoxy groups -OCH3 is 1. The van der Waals surface area contributed by atoms with Crippen LogP contribution in [0, 0.1) is 5.92 Å². The van der Waals surface area contributed by atoms with Crippen LogP contribution in [-0.2, 0) is 4.79 Å². The molecule has 0 aliphatic carbocycles. The molecule has 0 bridgehead atoms. The SMILES string of the molecule is COc1ccc(C(C)CN(CCN2CCCCC2=O)CC(C)C)cc1. The maximum atomic E-state index is 12.0. The summed E-state index contributed by atoms with van der Waals surface area (Å²) in [6.45, 7) is 11.7. The van der Waals surface area contributed by atoms with E-state index in [0.29, 0.717) is 17.7 Å². The topological polar surface area (TPSA) is 32.8 Å². The van der Waals surface area contributed by atoms with Crippen molar-refractivity contribution >= 4 is 5.91 Å². The lowest BCUT2D eigenvalue weighted by Crippen LogP contribution is -2.42. The maximum absolute atomic E-state index is 12.0. The van der Waals surface area contributed by atoms with Crippen molar-refractivity contribution in [2.45, 2.75) is 46.0 Å². The monoisotopic (exact) mass is 346 g/mol. The molecule has 1 unspecified atom stereocenters. The smallest absolute Gasteiger partial charge is 0.222 e. The number of carbonyl (C=O) groups excluding carboxylic acids is 1. The van der Waals surface area contributed by atoms with Crippen molar-refractivity contribution in [3.05, 3.63) is 29.8 Å². The van der Waals surface area contributed by atoms with Crippen molar-refractivity contribution in [2.75, 3.05) is 39.8 Å². The van der Waals surface area contributed by atoms with E-state index in [9.17, 15) is 4.79 Å². The molecule has 0 radical (unpaired) electrons. The molecule has 1 saturated heterocycles. The number of nitrogens with zero attached hydrogens (tertiary/aromatic N) is 2. The number of rotatable bonds is 9. The fourth-order valence-corrected chi connectivity index (χ4v) is 3.56. The third kappa shape index (κ3) is 6.35. The lowest BCUT2D eigenvalue weighted by molar-refractivity contribution is -0.133. The normalized spacial score (nSPS) is 16.6. The average Bonchev–Trinajstić information content (AvgIpc) is 2.60. The number of hydrogen-bond acceptors (Lipinski definition) is 3. The molecule has 4 nitrogen and oxygen atoms in total. The predicted molar refractivity (Wildman–Crippen MR) is 103 cm³/mol. The molecule has 1 aromatic carbocycles. The van der Waals surface area contributed by atoms with Crippen LogP contribution in [-0.4, -0.2) is 55.5 Å². The molecule has 2 rings (SSSR count). The molecule has 0 saturated carbocycles. The molecule has 140 valence electrons. The molecule has 1 aliphatic rings. The van der Waals surface area contributed by atoms with Crippen molar-refractivity contribution < 1.29 is 9.53 Å². The molecular formula is C21H34N2O2. The minimum absolute atomic E-state index is 0.332. The molecule has 0 aromatic heterocycles. The molecule has 1 aromatic rings. The van der Waals surface area contributed by atoms with Crippen molar-refractivity contribution in [1.82, 2.24) is 9.80 Å². The van der Waals surface area contributed by atoms with Crippen LogP contribution in [0.1, 0.15) is 51.5 Å². The highest BCUT2D eigenvalue weighted by molar-refractivity contribution is 5.76.